The largest absolute Gasteiger partial charge is 0.390 e. The monoisotopic (exact) mass is 286 g/mol. The highest BCUT2D eigenvalue weighted by atomic mass is 16.3. The van der Waals surface area contributed by atoms with E-state index in [4.69, 9.17) is 0 Å². The van der Waals surface area contributed by atoms with E-state index in [1.165, 1.54) is 0 Å². The smallest absolute Gasteiger partial charge is 0.224 e. The van der Waals surface area contributed by atoms with Gasteiger partial charge < -0.3 is 15.3 Å². The maximum Gasteiger partial charge on any atom is 0.224 e. The summed E-state index contributed by atoms with van der Waals surface area (Å²) in [5, 5.41) is 14.4. The molecular weight excluding hydrogens is 264 g/mol. The second-order valence-corrected chi connectivity index (χ2v) is 5.98. The van der Waals surface area contributed by atoms with E-state index in [9.17, 15) is 5.11 Å². The number of aromatic nitrogens is 2. The molecule has 2 aromatic rings. The summed E-state index contributed by atoms with van der Waals surface area (Å²) >= 11 is 0. The molecule has 1 aromatic heterocycles. The van der Waals surface area contributed by atoms with Crippen molar-refractivity contribution in [3.63, 3.8) is 0 Å². The first kappa shape index (κ1) is 14.1. The Morgan fingerprint density at radius 3 is 2.81 bits per heavy atom. The SMILES string of the molecule is CNc1nc(N2CCCC(C)(O)CC2)c2ccccc2n1. The van der Waals surface area contributed by atoms with Crippen LogP contribution in [0.15, 0.2) is 24.3 Å². The average molecular weight is 286 g/mol. The predicted octanol–water partition coefficient (Wildman–Crippen LogP) is 2.41. The van der Waals surface area contributed by atoms with E-state index < -0.39 is 5.60 Å². The molecule has 0 saturated carbocycles. The highest BCUT2D eigenvalue weighted by Gasteiger charge is 2.26. The summed E-state index contributed by atoms with van der Waals surface area (Å²) in [7, 11) is 1.83. The standard InChI is InChI=1S/C16H22N4O/c1-16(21)8-5-10-20(11-9-16)14-12-6-3-4-7-13(12)18-15(17-2)19-14/h3-4,6-7,21H,5,8-11H2,1-2H3,(H,17,18,19). The second kappa shape index (κ2) is 5.48. The van der Waals surface area contributed by atoms with Crippen molar-refractivity contribution in [3.8, 4) is 0 Å². The summed E-state index contributed by atoms with van der Waals surface area (Å²) < 4.78 is 0. The molecule has 0 radical (unpaired) electrons. The lowest BCUT2D eigenvalue weighted by atomic mass is 9.98. The molecule has 0 aliphatic carbocycles. The molecule has 112 valence electrons. The number of aliphatic hydroxyl groups is 1. The zero-order valence-electron chi connectivity index (χ0n) is 12.6. The van der Waals surface area contributed by atoms with Crippen LogP contribution in [0.4, 0.5) is 11.8 Å². The molecule has 21 heavy (non-hydrogen) atoms. The fourth-order valence-electron chi connectivity index (χ4n) is 2.89. The number of para-hydroxylation sites is 1. The molecule has 5 nitrogen and oxygen atoms in total. The first-order valence-electron chi connectivity index (χ1n) is 7.51. The number of anilines is 2. The number of hydrogen-bond acceptors (Lipinski definition) is 5. The van der Waals surface area contributed by atoms with Gasteiger partial charge in [-0.25, -0.2) is 4.98 Å². The van der Waals surface area contributed by atoms with E-state index >= 15 is 0 Å². The number of nitrogens with one attached hydrogen (secondary N) is 1. The molecule has 1 fully saturated rings. The van der Waals surface area contributed by atoms with Crippen molar-refractivity contribution >= 4 is 22.7 Å². The highest BCUT2D eigenvalue weighted by molar-refractivity contribution is 5.90. The molecule has 1 aliphatic rings. The summed E-state index contributed by atoms with van der Waals surface area (Å²) in [4.78, 5) is 11.4. The third-order valence-corrected chi connectivity index (χ3v) is 4.17. The summed E-state index contributed by atoms with van der Waals surface area (Å²) in [6.07, 6.45) is 2.58. The van der Waals surface area contributed by atoms with Crippen molar-refractivity contribution in [2.75, 3.05) is 30.4 Å². The minimum Gasteiger partial charge on any atom is -0.390 e. The van der Waals surface area contributed by atoms with Gasteiger partial charge in [0.1, 0.15) is 5.82 Å². The molecule has 1 saturated heterocycles. The van der Waals surface area contributed by atoms with Gasteiger partial charge in [-0.1, -0.05) is 12.1 Å². The fourth-order valence-corrected chi connectivity index (χ4v) is 2.89. The van der Waals surface area contributed by atoms with Crippen LogP contribution in [0, 0.1) is 0 Å². The minimum atomic E-state index is -0.566. The number of nitrogens with zero attached hydrogens (tertiary/aromatic N) is 3. The highest BCUT2D eigenvalue weighted by Crippen LogP contribution is 2.29. The van der Waals surface area contributed by atoms with Gasteiger partial charge in [0.25, 0.3) is 0 Å². The molecule has 1 unspecified atom stereocenters. The molecule has 0 amide bonds. The number of rotatable bonds is 2. The van der Waals surface area contributed by atoms with Crippen molar-refractivity contribution in [2.24, 2.45) is 0 Å². The van der Waals surface area contributed by atoms with Gasteiger partial charge in [0.2, 0.25) is 5.95 Å². The van der Waals surface area contributed by atoms with Crippen LogP contribution >= 0.6 is 0 Å². The van der Waals surface area contributed by atoms with Crippen LogP contribution in [0.25, 0.3) is 10.9 Å². The fraction of sp³-hybridized carbons (Fsp3) is 0.500. The maximum absolute atomic E-state index is 10.3. The summed E-state index contributed by atoms with van der Waals surface area (Å²) in [6.45, 7) is 3.66. The summed E-state index contributed by atoms with van der Waals surface area (Å²) in [5.74, 6) is 1.60. The third kappa shape index (κ3) is 2.93. The molecule has 2 heterocycles. The zero-order valence-corrected chi connectivity index (χ0v) is 12.6. The predicted molar refractivity (Wildman–Crippen MR) is 85.8 cm³/mol. The first-order valence-corrected chi connectivity index (χ1v) is 7.51. The molecular formula is C16H22N4O. The van der Waals surface area contributed by atoms with Crippen molar-refractivity contribution in [1.82, 2.24) is 9.97 Å². The number of fused-ring (bicyclic) bond motifs is 1. The quantitative estimate of drug-likeness (QED) is 0.888. The van der Waals surface area contributed by atoms with Gasteiger partial charge in [-0.15, -0.1) is 0 Å². The maximum atomic E-state index is 10.3. The second-order valence-electron chi connectivity index (χ2n) is 5.98. The summed E-state index contributed by atoms with van der Waals surface area (Å²) in [5.41, 5.74) is 0.381. The van der Waals surface area contributed by atoms with Gasteiger partial charge in [0.15, 0.2) is 0 Å². The van der Waals surface area contributed by atoms with Crippen LogP contribution in [0.1, 0.15) is 26.2 Å². The van der Waals surface area contributed by atoms with Crippen molar-refractivity contribution in [2.45, 2.75) is 31.8 Å². The van der Waals surface area contributed by atoms with Crippen molar-refractivity contribution in [3.05, 3.63) is 24.3 Å². The lowest BCUT2D eigenvalue weighted by molar-refractivity contribution is 0.0481. The van der Waals surface area contributed by atoms with E-state index in [2.05, 4.69) is 26.3 Å². The lowest BCUT2D eigenvalue weighted by Crippen LogP contribution is -2.29. The van der Waals surface area contributed by atoms with Crippen molar-refractivity contribution < 1.29 is 5.11 Å². The Morgan fingerprint density at radius 1 is 1.19 bits per heavy atom. The van der Waals surface area contributed by atoms with E-state index in [1.807, 2.05) is 32.2 Å². The molecule has 1 atom stereocenters. The minimum absolute atomic E-state index is 0.566. The Morgan fingerprint density at radius 2 is 2.00 bits per heavy atom. The summed E-state index contributed by atoms with van der Waals surface area (Å²) in [6, 6.07) is 8.08. The molecule has 2 N–H and O–H groups in total. The van der Waals surface area contributed by atoms with Crippen LogP contribution in [-0.4, -0.2) is 40.8 Å². The molecule has 5 heteroatoms. The first-order chi connectivity index (χ1) is 10.1. The van der Waals surface area contributed by atoms with E-state index in [1.54, 1.807) is 0 Å². The van der Waals surface area contributed by atoms with Crippen molar-refractivity contribution in [1.29, 1.82) is 0 Å². The molecule has 3 rings (SSSR count). The van der Waals surface area contributed by atoms with E-state index in [0.29, 0.717) is 5.95 Å². The Hall–Kier alpha value is -1.88. The van der Waals surface area contributed by atoms with Gasteiger partial charge >= 0.3 is 0 Å². The topological polar surface area (TPSA) is 61.3 Å². The zero-order chi connectivity index (χ0) is 14.9. The molecule has 1 aliphatic heterocycles. The molecule has 1 aromatic carbocycles. The van der Waals surface area contributed by atoms with Crippen LogP contribution < -0.4 is 10.2 Å². The Labute approximate surface area is 125 Å². The molecule has 0 bridgehead atoms. The van der Waals surface area contributed by atoms with Crippen LogP contribution in [0.3, 0.4) is 0 Å². The van der Waals surface area contributed by atoms with Gasteiger partial charge in [-0.05, 0) is 38.3 Å². The van der Waals surface area contributed by atoms with Crippen LogP contribution in [-0.2, 0) is 0 Å². The van der Waals surface area contributed by atoms with Crippen LogP contribution in [0.5, 0.6) is 0 Å². The Balaban J connectivity index is 2.02. The Kier molecular flexibility index (Phi) is 3.68. The number of benzene rings is 1. The Bertz CT molecular complexity index is 641. The van der Waals surface area contributed by atoms with Gasteiger partial charge in [-0.3, -0.25) is 0 Å². The average Bonchev–Trinajstić information content (AvgIpc) is 2.67. The molecule has 0 spiro atoms. The van der Waals surface area contributed by atoms with Gasteiger partial charge in [-0.2, -0.15) is 4.98 Å². The third-order valence-electron chi connectivity index (χ3n) is 4.17. The van der Waals surface area contributed by atoms with E-state index in [-0.39, 0.29) is 0 Å². The number of hydrogen-bond donors (Lipinski definition) is 2. The lowest BCUT2D eigenvalue weighted by Gasteiger charge is -2.24. The van der Waals surface area contributed by atoms with E-state index in [0.717, 1.165) is 49.1 Å². The van der Waals surface area contributed by atoms with Crippen LogP contribution in [0.2, 0.25) is 0 Å². The normalized spacial score (nSPS) is 23.1. The van der Waals surface area contributed by atoms with Gasteiger partial charge in [0.05, 0.1) is 11.1 Å². The van der Waals surface area contributed by atoms with Gasteiger partial charge in [0, 0.05) is 25.5 Å².